The van der Waals surface area contributed by atoms with Crippen molar-refractivity contribution in [1.82, 2.24) is 14.9 Å². The van der Waals surface area contributed by atoms with E-state index in [2.05, 4.69) is 44.4 Å². The third-order valence-electron chi connectivity index (χ3n) is 8.08. The molecule has 38 heavy (non-hydrogen) atoms. The number of nitrogens with one attached hydrogen (secondary N) is 1. The quantitative estimate of drug-likeness (QED) is 0.535. The monoisotopic (exact) mass is 516 g/mol. The number of piperidine rings is 1. The summed E-state index contributed by atoms with van der Waals surface area (Å²) in [6.45, 7) is 6.71. The van der Waals surface area contributed by atoms with Gasteiger partial charge in [0, 0.05) is 61.9 Å². The molecule has 200 valence electrons. The molecule has 9 heteroatoms. The van der Waals surface area contributed by atoms with Crippen molar-refractivity contribution >= 4 is 34.0 Å². The minimum absolute atomic E-state index is 0.0401. The first kappa shape index (κ1) is 24.7. The molecule has 3 saturated heterocycles. The lowest BCUT2D eigenvalue weighted by Crippen LogP contribution is -2.40. The van der Waals surface area contributed by atoms with Gasteiger partial charge in [0.2, 0.25) is 0 Å². The fourth-order valence-corrected chi connectivity index (χ4v) is 5.92. The lowest BCUT2D eigenvalue weighted by atomic mass is 9.91. The second kappa shape index (κ2) is 11.0. The van der Waals surface area contributed by atoms with Gasteiger partial charge < -0.3 is 29.5 Å². The molecule has 9 nitrogen and oxygen atoms in total. The van der Waals surface area contributed by atoms with E-state index >= 15 is 0 Å². The smallest absolute Gasteiger partial charge is 0.321 e. The fraction of sp³-hybridized carbons (Fsp3) is 0.483. The van der Waals surface area contributed by atoms with Crippen LogP contribution in [0.2, 0.25) is 0 Å². The number of likely N-dealkylation sites (tertiary alicyclic amines) is 1. The number of carbonyl (C=O) groups is 1. The molecule has 0 atom stereocenters. The van der Waals surface area contributed by atoms with Crippen LogP contribution in [0.25, 0.3) is 10.9 Å². The standard InChI is InChI=1S/C29H36N6O3/c1-37-27-18-24-25(19-26(27)34-14-16-38-17-15-34)30-20-31-28(24)21-8-12-35(13-9-21)29(36)32-22-4-6-23(7-5-22)33-10-2-3-11-33/h4-7,18-21H,2-3,8-17H2,1H3,(H,32,36). The molecule has 2 aromatic carbocycles. The Morgan fingerprint density at radius 2 is 1.68 bits per heavy atom. The number of carbonyl (C=O) groups excluding carboxylic acids is 1. The highest BCUT2D eigenvalue weighted by atomic mass is 16.5. The van der Waals surface area contributed by atoms with Gasteiger partial charge in [-0.25, -0.2) is 14.8 Å². The number of anilines is 3. The number of urea groups is 1. The van der Waals surface area contributed by atoms with Crippen LogP contribution in [0, 0.1) is 0 Å². The summed E-state index contributed by atoms with van der Waals surface area (Å²) in [6.07, 6.45) is 5.89. The summed E-state index contributed by atoms with van der Waals surface area (Å²) in [5.74, 6) is 1.10. The van der Waals surface area contributed by atoms with Gasteiger partial charge in [-0.1, -0.05) is 0 Å². The Morgan fingerprint density at radius 1 is 0.947 bits per heavy atom. The molecule has 4 heterocycles. The average Bonchev–Trinajstić information content (AvgIpc) is 3.52. The van der Waals surface area contributed by atoms with Crippen LogP contribution in [-0.2, 0) is 4.74 Å². The molecule has 0 unspecified atom stereocenters. The molecule has 0 spiro atoms. The number of benzene rings is 2. The Kier molecular flexibility index (Phi) is 7.18. The van der Waals surface area contributed by atoms with Crippen molar-refractivity contribution < 1.29 is 14.3 Å². The van der Waals surface area contributed by atoms with Crippen LogP contribution >= 0.6 is 0 Å². The van der Waals surface area contributed by atoms with Crippen molar-refractivity contribution in [2.75, 3.05) is 74.7 Å². The van der Waals surface area contributed by atoms with Crippen LogP contribution in [0.4, 0.5) is 21.9 Å². The van der Waals surface area contributed by atoms with Gasteiger partial charge in [0.1, 0.15) is 12.1 Å². The van der Waals surface area contributed by atoms with Crippen LogP contribution in [0.1, 0.15) is 37.3 Å². The first-order chi connectivity index (χ1) is 18.7. The highest BCUT2D eigenvalue weighted by molar-refractivity contribution is 5.90. The number of morpholine rings is 1. The second-order valence-electron chi connectivity index (χ2n) is 10.3. The Bertz CT molecular complexity index is 1260. The van der Waals surface area contributed by atoms with Gasteiger partial charge in [-0.15, -0.1) is 0 Å². The van der Waals surface area contributed by atoms with Gasteiger partial charge in [0.05, 0.1) is 37.2 Å². The molecule has 0 saturated carbocycles. The van der Waals surface area contributed by atoms with E-state index in [0.717, 1.165) is 72.7 Å². The molecule has 1 N–H and O–H groups in total. The molecule has 2 amide bonds. The van der Waals surface area contributed by atoms with Crippen molar-refractivity contribution in [3.8, 4) is 5.75 Å². The van der Waals surface area contributed by atoms with Crippen molar-refractivity contribution in [3.63, 3.8) is 0 Å². The van der Waals surface area contributed by atoms with Crippen LogP contribution < -0.4 is 19.9 Å². The van der Waals surface area contributed by atoms with E-state index in [1.165, 1.54) is 18.5 Å². The lowest BCUT2D eigenvalue weighted by Gasteiger charge is -2.32. The molecule has 6 rings (SSSR count). The summed E-state index contributed by atoms with van der Waals surface area (Å²) in [7, 11) is 1.71. The van der Waals surface area contributed by atoms with Gasteiger partial charge in [0.25, 0.3) is 0 Å². The molecule has 0 aliphatic carbocycles. The van der Waals surface area contributed by atoms with Gasteiger partial charge in [0.15, 0.2) is 0 Å². The number of fused-ring (bicyclic) bond motifs is 1. The maximum Gasteiger partial charge on any atom is 0.321 e. The number of ether oxygens (including phenoxy) is 2. The normalized spacial score (nSPS) is 18.7. The second-order valence-corrected chi connectivity index (χ2v) is 10.3. The number of hydrogen-bond donors (Lipinski definition) is 1. The molecule has 3 aromatic rings. The first-order valence-electron chi connectivity index (χ1n) is 13.8. The van der Waals surface area contributed by atoms with E-state index < -0.39 is 0 Å². The van der Waals surface area contributed by atoms with E-state index in [-0.39, 0.29) is 11.9 Å². The highest BCUT2D eigenvalue weighted by Gasteiger charge is 2.27. The fourth-order valence-electron chi connectivity index (χ4n) is 5.92. The Labute approximate surface area is 223 Å². The van der Waals surface area contributed by atoms with Crippen molar-refractivity contribution in [2.24, 2.45) is 0 Å². The first-order valence-corrected chi connectivity index (χ1v) is 13.8. The topological polar surface area (TPSA) is 83.1 Å². The van der Waals surface area contributed by atoms with Crippen LogP contribution in [0.15, 0.2) is 42.7 Å². The average molecular weight is 517 g/mol. The Morgan fingerprint density at radius 3 is 2.39 bits per heavy atom. The third-order valence-corrected chi connectivity index (χ3v) is 8.08. The molecule has 0 radical (unpaired) electrons. The van der Waals surface area contributed by atoms with Crippen molar-refractivity contribution in [1.29, 1.82) is 0 Å². The third kappa shape index (κ3) is 5.07. The van der Waals surface area contributed by atoms with Gasteiger partial charge in [-0.05, 0) is 62.1 Å². The van der Waals surface area contributed by atoms with Crippen LogP contribution in [0.3, 0.4) is 0 Å². The molecule has 1 aromatic heterocycles. The van der Waals surface area contributed by atoms with E-state index in [4.69, 9.17) is 14.5 Å². The minimum atomic E-state index is -0.0401. The number of hydrogen-bond acceptors (Lipinski definition) is 7. The largest absolute Gasteiger partial charge is 0.495 e. The van der Waals surface area contributed by atoms with E-state index in [1.54, 1.807) is 13.4 Å². The van der Waals surface area contributed by atoms with Gasteiger partial charge in [-0.2, -0.15) is 0 Å². The summed E-state index contributed by atoms with van der Waals surface area (Å²) >= 11 is 0. The summed E-state index contributed by atoms with van der Waals surface area (Å²) in [5, 5.41) is 4.11. The molecule has 3 aliphatic heterocycles. The molecule has 0 bridgehead atoms. The highest BCUT2D eigenvalue weighted by Crippen LogP contribution is 2.37. The SMILES string of the molecule is COc1cc2c(C3CCN(C(=O)Nc4ccc(N5CCCC5)cc4)CC3)ncnc2cc1N1CCOCC1. The van der Waals surface area contributed by atoms with Gasteiger partial charge in [-0.3, -0.25) is 0 Å². The summed E-state index contributed by atoms with van der Waals surface area (Å²) in [6, 6.07) is 12.4. The number of rotatable bonds is 5. The van der Waals surface area contributed by atoms with Crippen molar-refractivity contribution in [2.45, 2.75) is 31.6 Å². The molecular weight excluding hydrogens is 480 g/mol. The Balaban J connectivity index is 1.12. The molecule has 3 aliphatic rings. The molecular formula is C29H36N6O3. The Hall–Kier alpha value is -3.59. The van der Waals surface area contributed by atoms with Crippen LogP contribution in [-0.4, -0.2) is 80.5 Å². The summed E-state index contributed by atoms with van der Waals surface area (Å²) in [4.78, 5) is 28.9. The molecule has 3 fully saturated rings. The van der Waals surface area contributed by atoms with E-state index in [1.807, 2.05) is 17.0 Å². The zero-order valence-electron chi connectivity index (χ0n) is 22.1. The van der Waals surface area contributed by atoms with E-state index in [9.17, 15) is 4.79 Å². The predicted octanol–water partition coefficient (Wildman–Crippen LogP) is 4.49. The summed E-state index contributed by atoms with van der Waals surface area (Å²) < 4.78 is 11.3. The number of aromatic nitrogens is 2. The minimum Gasteiger partial charge on any atom is -0.495 e. The van der Waals surface area contributed by atoms with Crippen LogP contribution in [0.5, 0.6) is 5.75 Å². The zero-order valence-corrected chi connectivity index (χ0v) is 22.1. The zero-order chi connectivity index (χ0) is 25.9. The van der Waals surface area contributed by atoms with Crippen molar-refractivity contribution in [3.05, 3.63) is 48.4 Å². The number of nitrogens with zero attached hydrogens (tertiary/aromatic N) is 5. The summed E-state index contributed by atoms with van der Waals surface area (Å²) in [5.41, 5.74) is 5.08. The lowest BCUT2D eigenvalue weighted by molar-refractivity contribution is 0.122. The maximum atomic E-state index is 13.0. The predicted molar refractivity (Wildman–Crippen MR) is 150 cm³/mol. The number of methoxy groups -OCH3 is 1. The number of amides is 2. The van der Waals surface area contributed by atoms with E-state index in [0.29, 0.717) is 26.3 Å². The maximum absolute atomic E-state index is 13.0. The van der Waals surface area contributed by atoms with Gasteiger partial charge >= 0.3 is 6.03 Å².